The fourth-order valence-corrected chi connectivity index (χ4v) is 6.72. The van der Waals surface area contributed by atoms with E-state index >= 15 is 0 Å². The van der Waals surface area contributed by atoms with E-state index < -0.39 is 0 Å². The maximum atomic E-state index is 13.4. The van der Waals surface area contributed by atoms with Gasteiger partial charge < -0.3 is 9.67 Å². The average Bonchev–Trinajstić information content (AvgIpc) is 3.28. The summed E-state index contributed by atoms with van der Waals surface area (Å²) in [6.07, 6.45) is 8.24. The number of rotatable bonds is 4. The molecule has 0 amide bonds. The first-order valence-corrected chi connectivity index (χ1v) is 11.7. The lowest BCUT2D eigenvalue weighted by Gasteiger charge is -2.42. The summed E-state index contributed by atoms with van der Waals surface area (Å²) in [4.78, 5) is 26.9. The van der Waals surface area contributed by atoms with E-state index in [4.69, 9.17) is 0 Å². The van der Waals surface area contributed by atoms with Gasteiger partial charge in [-0.05, 0) is 43.1 Å². The van der Waals surface area contributed by atoms with Crippen molar-refractivity contribution in [2.75, 3.05) is 26.2 Å². The van der Waals surface area contributed by atoms with Crippen LogP contribution in [0.3, 0.4) is 0 Å². The fraction of sp³-hybridized carbons (Fsp3) is 0.625. The molecule has 0 radical (unpaired) electrons. The lowest BCUT2D eigenvalue weighted by molar-refractivity contribution is 0.113. The smallest absolute Gasteiger partial charge is 0.255 e. The number of hydrogen-bond acceptors (Lipinski definition) is 6. The van der Waals surface area contributed by atoms with Crippen LogP contribution in [-0.4, -0.2) is 61.7 Å². The van der Waals surface area contributed by atoms with E-state index in [0.29, 0.717) is 23.7 Å². The SMILES string of the molecule is O=c1c(CN2C[C@H]3CC(O)C[C@H]3C2)ccc2n1C[C@H]1C[C@@H]2CN(Cc2cnccn2)C1. The lowest BCUT2D eigenvalue weighted by atomic mass is 9.83. The maximum Gasteiger partial charge on any atom is 0.255 e. The van der Waals surface area contributed by atoms with Gasteiger partial charge in [-0.3, -0.25) is 24.6 Å². The second-order valence-corrected chi connectivity index (χ2v) is 10.2. The molecule has 1 unspecified atom stereocenters. The largest absolute Gasteiger partial charge is 0.393 e. The van der Waals surface area contributed by atoms with Crippen molar-refractivity contribution in [2.24, 2.45) is 17.8 Å². The molecule has 5 atom stereocenters. The van der Waals surface area contributed by atoms with Crippen LogP contribution in [0.2, 0.25) is 0 Å². The van der Waals surface area contributed by atoms with Crippen LogP contribution in [0.5, 0.6) is 0 Å². The molecule has 2 saturated heterocycles. The van der Waals surface area contributed by atoms with Gasteiger partial charge in [-0.2, -0.15) is 0 Å². The van der Waals surface area contributed by atoms with Gasteiger partial charge in [0.1, 0.15) is 0 Å². The molecule has 7 nitrogen and oxygen atoms in total. The molecule has 1 aliphatic carbocycles. The Labute approximate surface area is 182 Å². The molecular formula is C24H31N5O2. The average molecular weight is 422 g/mol. The molecule has 3 aliphatic heterocycles. The molecule has 2 aromatic heterocycles. The molecule has 5 heterocycles. The third-order valence-electron chi connectivity index (χ3n) is 7.96. The van der Waals surface area contributed by atoms with Gasteiger partial charge in [-0.1, -0.05) is 6.07 Å². The van der Waals surface area contributed by atoms with Crippen molar-refractivity contribution in [3.05, 3.63) is 58.0 Å². The topological polar surface area (TPSA) is 74.5 Å². The Balaban J connectivity index is 1.17. The molecular weight excluding hydrogens is 390 g/mol. The quantitative estimate of drug-likeness (QED) is 0.806. The van der Waals surface area contributed by atoms with Gasteiger partial charge in [0.15, 0.2) is 0 Å². The highest BCUT2D eigenvalue weighted by Crippen LogP contribution is 2.39. The van der Waals surface area contributed by atoms with E-state index in [0.717, 1.165) is 69.9 Å². The number of aromatic nitrogens is 3. The Kier molecular flexibility index (Phi) is 4.93. The van der Waals surface area contributed by atoms with E-state index in [9.17, 15) is 9.90 Å². The van der Waals surface area contributed by atoms with Gasteiger partial charge in [-0.15, -0.1) is 0 Å². The summed E-state index contributed by atoms with van der Waals surface area (Å²) in [6, 6.07) is 4.29. The van der Waals surface area contributed by atoms with Crippen LogP contribution in [-0.2, 0) is 19.6 Å². The highest BCUT2D eigenvalue weighted by Gasteiger charge is 2.40. The Bertz CT molecular complexity index is 995. The lowest BCUT2D eigenvalue weighted by Crippen LogP contribution is -2.47. The van der Waals surface area contributed by atoms with Crippen molar-refractivity contribution in [3.63, 3.8) is 0 Å². The van der Waals surface area contributed by atoms with Gasteiger partial charge >= 0.3 is 0 Å². The second kappa shape index (κ2) is 7.80. The van der Waals surface area contributed by atoms with E-state index in [1.54, 1.807) is 12.4 Å². The summed E-state index contributed by atoms with van der Waals surface area (Å²) in [6.45, 7) is 6.43. The van der Waals surface area contributed by atoms with Crippen LogP contribution in [0, 0.1) is 17.8 Å². The summed E-state index contributed by atoms with van der Waals surface area (Å²) in [5, 5.41) is 9.89. The van der Waals surface area contributed by atoms with E-state index in [1.165, 1.54) is 12.1 Å². The van der Waals surface area contributed by atoms with Crippen LogP contribution >= 0.6 is 0 Å². The third kappa shape index (κ3) is 3.73. The maximum absolute atomic E-state index is 13.4. The van der Waals surface area contributed by atoms with E-state index in [2.05, 4.69) is 36.5 Å². The van der Waals surface area contributed by atoms with Crippen molar-refractivity contribution in [1.82, 2.24) is 24.3 Å². The first kappa shape index (κ1) is 19.6. The normalized spacial score (nSPS) is 32.7. The van der Waals surface area contributed by atoms with Gasteiger partial charge in [0, 0.05) is 81.6 Å². The molecule has 2 bridgehead atoms. The van der Waals surface area contributed by atoms with Crippen molar-refractivity contribution in [2.45, 2.75) is 50.9 Å². The zero-order chi connectivity index (χ0) is 20.9. The molecule has 0 spiro atoms. The second-order valence-electron chi connectivity index (χ2n) is 10.2. The molecule has 31 heavy (non-hydrogen) atoms. The van der Waals surface area contributed by atoms with Crippen molar-refractivity contribution < 1.29 is 5.11 Å². The summed E-state index contributed by atoms with van der Waals surface area (Å²) in [7, 11) is 0. The first-order chi connectivity index (χ1) is 15.1. The highest BCUT2D eigenvalue weighted by molar-refractivity contribution is 5.22. The van der Waals surface area contributed by atoms with Crippen LogP contribution < -0.4 is 5.56 Å². The van der Waals surface area contributed by atoms with E-state index in [1.807, 2.05) is 6.20 Å². The monoisotopic (exact) mass is 421 g/mol. The van der Waals surface area contributed by atoms with Crippen molar-refractivity contribution in [1.29, 1.82) is 0 Å². The van der Waals surface area contributed by atoms with Gasteiger partial charge in [-0.25, -0.2) is 0 Å². The highest BCUT2D eigenvalue weighted by atomic mass is 16.3. The van der Waals surface area contributed by atoms with Crippen LogP contribution in [0.1, 0.15) is 42.1 Å². The minimum Gasteiger partial charge on any atom is -0.393 e. The molecule has 3 fully saturated rings. The number of nitrogens with zero attached hydrogens (tertiary/aromatic N) is 5. The van der Waals surface area contributed by atoms with Gasteiger partial charge in [0.05, 0.1) is 11.8 Å². The number of hydrogen-bond donors (Lipinski definition) is 1. The predicted octanol–water partition coefficient (Wildman–Crippen LogP) is 1.46. The van der Waals surface area contributed by atoms with Crippen LogP contribution in [0.25, 0.3) is 0 Å². The summed E-state index contributed by atoms with van der Waals surface area (Å²) < 4.78 is 2.08. The molecule has 6 rings (SSSR count). The molecule has 4 aliphatic rings. The van der Waals surface area contributed by atoms with Crippen LogP contribution in [0.4, 0.5) is 0 Å². The van der Waals surface area contributed by atoms with Gasteiger partial charge in [0.2, 0.25) is 0 Å². The zero-order valence-corrected chi connectivity index (χ0v) is 17.9. The van der Waals surface area contributed by atoms with Crippen molar-refractivity contribution in [3.8, 4) is 0 Å². The number of pyridine rings is 1. The summed E-state index contributed by atoms with van der Waals surface area (Å²) in [5.74, 6) is 2.15. The zero-order valence-electron chi connectivity index (χ0n) is 17.9. The Morgan fingerprint density at radius 1 is 0.935 bits per heavy atom. The number of piperidine rings is 1. The molecule has 2 aromatic rings. The van der Waals surface area contributed by atoms with Gasteiger partial charge in [0.25, 0.3) is 5.56 Å². The van der Waals surface area contributed by atoms with E-state index in [-0.39, 0.29) is 11.7 Å². The minimum atomic E-state index is -0.112. The molecule has 7 heteroatoms. The Hall–Kier alpha value is -2.09. The fourth-order valence-electron chi connectivity index (χ4n) is 6.72. The molecule has 1 saturated carbocycles. The number of fused-ring (bicyclic) bond motifs is 5. The number of likely N-dealkylation sites (tertiary alicyclic amines) is 2. The number of aliphatic hydroxyl groups is 1. The molecule has 164 valence electrons. The summed E-state index contributed by atoms with van der Waals surface area (Å²) >= 11 is 0. The summed E-state index contributed by atoms with van der Waals surface area (Å²) in [5.41, 5.74) is 3.36. The predicted molar refractivity (Wildman–Crippen MR) is 116 cm³/mol. The standard InChI is InChI=1S/C24H31N5O2/c30-22-6-18-12-28(13-19(18)7-22)11-17-1-2-23-20-5-16(10-29(23)24(17)31)9-27(14-20)15-21-8-25-3-4-26-21/h1-4,8,16,18-20,22,30H,5-7,9-15H2/t16-,18-,19+,20+,22?/m0/s1. The Morgan fingerprint density at radius 2 is 1.74 bits per heavy atom. The minimum absolute atomic E-state index is 0.112. The Morgan fingerprint density at radius 3 is 2.52 bits per heavy atom. The third-order valence-corrected chi connectivity index (χ3v) is 7.96. The van der Waals surface area contributed by atoms with Crippen molar-refractivity contribution >= 4 is 0 Å². The molecule has 0 aromatic carbocycles. The number of aliphatic hydroxyl groups excluding tert-OH is 1. The first-order valence-electron chi connectivity index (χ1n) is 11.7. The van der Waals surface area contributed by atoms with Crippen LogP contribution in [0.15, 0.2) is 35.5 Å². The molecule has 1 N–H and O–H groups in total.